The largest absolute Gasteiger partial charge is 0.466 e. The number of benzene rings is 3. The summed E-state index contributed by atoms with van der Waals surface area (Å²) in [5, 5.41) is 10.9. The first kappa shape index (κ1) is 25.0. The van der Waals surface area contributed by atoms with Gasteiger partial charge in [0, 0.05) is 31.3 Å². The molecule has 194 valence electrons. The number of nitrogens with zero attached hydrogens (tertiary/aromatic N) is 4. The molecule has 38 heavy (non-hydrogen) atoms. The fraction of sp³-hybridized carbons (Fsp3) is 0.241. The SMILES string of the molecule is CCOC(=O)CCc1nc2ccccc2n1Cc1ccc2c(c1)nc(CNc1ccc(C(=N)N)cc1)n2C. The predicted molar refractivity (Wildman–Crippen MR) is 149 cm³/mol. The highest BCUT2D eigenvalue weighted by Crippen LogP contribution is 2.22. The molecule has 0 atom stereocenters. The van der Waals surface area contributed by atoms with Crippen molar-refractivity contribution in [1.82, 2.24) is 19.1 Å². The Kier molecular flexibility index (Phi) is 7.08. The molecule has 0 unspecified atom stereocenters. The summed E-state index contributed by atoms with van der Waals surface area (Å²) >= 11 is 0. The molecule has 2 aromatic heterocycles. The number of aryl methyl sites for hydroxylation is 2. The first-order chi connectivity index (χ1) is 18.4. The van der Waals surface area contributed by atoms with Crippen molar-refractivity contribution in [3.05, 3.63) is 89.5 Å². The number of nitrogens with one attached hydrogen (secondary N) is 2. The quantitative estimate of drug-likeness (QED) is 0.146. The monoisotopic (exact) mass is 509 g/mol. The van der Waals surface area contributed by atoms with Crippen molar-refractivity contribution in [2.24, 2.45) is 12.8 Å². The van der Waals surface area contributed by atoms with E-state index < -0.39 is 0 Å². The Labute approximate surface area is 220 Å². The van der Waals surface area contributed by atoms with Crippen LogP contribution < -0.4 is 11.1 Å². The second-order valence-electron chi connectivity index (χ2n) is 9.16. The van der Waals surface area contributed by atoms with Gasteiger partial charge >= 0.3 is 5.97 Å². The van der Waals surface area contributed by atoms with Crippen LogP contribution in [0.4, 0.5) is 5.69 Å². The van der Waals surface area contributed by atoms with Crippen LogP contribution in [0.3, 0.4) is 0 Å². The van der Waals surface area contributed by atoms with Crippen LogP contribution in [0.2, 0.25) is 0 Å². The zero-order chi connectivity index (χ0) is 26.6. The van der Waals surface area contributed by atoms with E-state index in [1.165, 1.54) is 0 Å². The zero-order valence-electron chi connectivity index (χ0n) is 21.6. The van der Waals surface area contributed by atoms with Crippen molar-refractivity contribution in [1.29, 1.82) is 5.41 Å². The number of hydrogen-bond acceptors (Lipinski definition) is 6. The van der Waals surface area contributed by atoms with Crippen molar-refractivity contribution in [3.63, 3.8) is 0 Å². The number of amidine groups is 1. The average Bonchev–Trinajstić information content (AvgIpc) is 3.43. The number of anilines is 1. The molecule has 4 N–H and O–H groups in total. The molecule has 0 amide bonds. The predicted octanol–water partition coefficient (Wildman–Crippen LogP) is 4.36. The van der Waals surface area contributed by atoms with E-state index in [0.717, 1.165) is 45.0 Å². The molecule has 9 nitrogen and oxygen atoms in total. The van der Waals surface area contributed by atoms with Gasteiger partial charge in [0.15, 0.2) is 0 Å². The minimum Gasteiger partial charge on any atom is -0.466 e. The number of hydrogen-bond donors (Lipinski definition) is 3. The topological polar surface area (TPSA) is 124 Å². The van der Waals surface area contributed by atoms with Gasteiger partial charge in [0.2, 0.25) is 0 Å². The lowest BCUT2D eigenvalue weighted by Gasteiger charge is -2.10. The third kappa shape index (κ3) is 5.22. The molecule has 0 radical (unpaired) electrons. The van der Waals surface area contributed by atoms with E-state index in [2.05, 4.69) is 38.7 Å². The number of imidazole rings is 2. The maximum Gasteiger partial charge on any atom is 0.306 e. The number of fused-ring (bicyclic) bond motifs is 2. The molecule has 5 aromatic rings. The lowest BCUT2D eigenvalue weighted by atomic mass is 10.2. The van der Waals surface area contributed by atoms with E-state index in [1.807, 2.05) is 56.4 Å². The van der Waals surface area contributed by atoms with E-state index in [4.69, 9.17) is 25.8 Å². The molecule has 0 fully saturated rings. The molecule has 0 aliphatic carbocycles. The van der Waals surface area contributed by atoms with Crippen LogP contribution in [0.25, 0.3) is 22.1 Å². The highest BCUT2D eigenvalue weighted by Gasteiger charge is 2.15. The van der Waals surface area contributed by atoms with E-state index in [1.54, 1.807) is 0 Å². The van der Waals surface area contributed by atoms with E-state index in [-0.39, 0.29) is 11.8 Å². The first-order valence-corrected chi connectivity index (χ1v) is 12.6. The number of nitrogen functional groups attached to an aromatic ring is 1. The number of aromatic nitrogens is 4. The number of esters is 1. The summed E-state index contributed by atoms with van der Waals surface area (Å²) in [4.78, 5) is 21.7. The van der Waals surface area contributed by atoms with Crippen LogP contribution in [-0.4, -0.2) is 37.5 Å². The normalized spacial score (nSPS) is 11.2. The summed E-state index contributed by atoms with van der Waals surface area (Å²) in [5.74, 6) is 1.62. The Morgan fingerprint density at radius 3 is 2.53 bits per heavy atom. The summed E-state index contributed by atoms with van der Waals surface area (Å²) < 4.78 is 9.38. The van der Waals surface area contributed by atoms with Gasteiger partial charge in [0.1, 0.15) is 17.5 Å². The maximum absolute atomic E-state index is 12.0. The summed E-state index contributed by atoms with van der Waals surface area (Å²) in [5.41, 5.74) is 12.2. The van der Waals surface area contributed by atoms with Gasteiger partial charge < -0.3 is 24.9 Å². The second kappa shape index (κ2) is 10.8. The number of nitrogens with two attached hydrogens (primary N) is 1. The van der Waals surface area contributed by atoms with Crippen molar-refractivity contribution in [2.45, 2.75) is 32.9 Å². The van der Waals surface area contributed by atoms with Gasteiger partial charge in [-0.15, -0.1) is 0 Å². The highest BCUT2D eigenvalue weighted by molar-refractivity contribution is 5.95. The molecule has 3 aromatic carbocycles. The second-order valence-corrected chi connectivity index (χ2v) is 9.16. The smallest absolute Gasteiger partial charge is 0.306 e. The average molecular weight is 510 g/mol. The van der Waals surface area contributed by atoms with Crippen LogP contribution >= 0.6 is 0 Å². The summed E-state index contributed by atoms with van der Waals surface area (Å²) in [6, 6.07) is 21.8. The standard InChI is InChI=1S/C29H31N7O2/c1-3-38-28(37)15-14-26-33-22-6-4-5-7-25(22)36(26)18-19-8-13-24-23(16-19)34-27(35(24)2)17-32-21-11-9-20(10-12-21)29(30)31/h4-13,16,32H,3,14-15,17-18H2,1-2H3,(H3,30,31). The molecule has 2 heterocycles. The van der Waals surface area contributed by atoms with Gasteiger partial charge in [0.25, 0.3) is 0 Å². The molecule has 0 bridgehead atoms. The van der Waals surface area contributed by atoms with Gasteiger partial charge in [-0.3, -0.25) is 10.2 Å². The Bertz CT molecular complexity index is 1620. The molecule has 5 rings (SSSR count). The van der Waals surface area contributed by atoms with Crippen LogP contribution in [0.5, 0.6) is 0 Å². The van der Waals surface area contributed by atoms with Gasteiger partial charge in [0.05, 0.1) is 41.6 Å². The number of carbonyl (C=O) groups excluding carboxylic acids is 1. The minimum absolute atomic E-state index is 0.0533. The molecular formula is C29H31N7O2. The Morgan fingerprint density at radius 1 is 1.00 bits per heavy atom. The summed E-state index contributed by atoms with van der Waals surface area (Å²) in [6.07, 6.45) is 0.812. The van der Waals surface area contributed by atoms with Gasteiger partial charge in [-0.1, -0.05) is 18.2 Å². The zero-order valence-corrected chi connectivity index (χ0v) is 21.6. The molecule has 0 saturated heterocycles. The fourth-order valence-electron chi connectivity index (χ4n) is 4.62. The Hall–Kier alpha value is -4.66. The molecule has 0 saturated carbocycles. The van der Waals surface area contributed by atoms with Crippen molar-refractivity contribution in [2.75, 3.05) is 11.9 Å². The van der Waals surface area contributed by atoms with E-state index in [9.17, 15) is 4.79 Å². The van der Waals surface area contributed by atoms with Crippen LogP contribution in [0.1, 0.15) is 36.1 Å². The van der Waals surface area contributed by atoms with Crippen LogP contribution in [0, 0.1) is 5.41 Å². The number of carbonyl (C=O) groups is 1. The van der Waals surface area contributed by atoms with Crippen molar-refractivity contribution < 1.29 is 9.53 Å². The summed E-state index contributed by atoms with van der Waals surface area (Å²) in [6.45, 7) is 3.38. The molecule has 0 spiro atoms. The fourth-order valence-corrected chi connectivity index (χ4v) is 4.62. The molecule has 0 aliphatic rings. The van der Waals surface area contributed by atoms with Gasteiger partial charge in [-0.25, -0.2) is 9.97 Å². The van der Waals surface area contributed by atoms with Gasteiger partial charge in [-0.05, 0) is 61.0 Å². The van der Waals surface area contributed by atoms with E-state index >= 15 is 0 Å². The maximum atomic E-state index is 12.0. The Morgan fingerprint density at radius 2 is 1.76 bits per heavy atom. The highest BCUT2D eigenvalue weighted by atomic mass is 16.5. The van der Waals surface area contributed by atoms with Crippen LogP contribution in [0.15, 0.2) is 66.7 Å². The third-order valence-corrected chi connectivity index (χ3v) is 6.62. The number of rotatable bonds is 10. The van der Waals surface area contributed by atoms with Gasteiger partial charge in [-0.2, -0.15) is 0 Å². The number of ether oxygens (including phenoxy) is 1. The lowest BCUT2D eigenvalue weighted by molar-refractivity contribution is -0.143. The van der Waals surface area contributed by atoms with Crippen molar-refractivity contribution in [3.8, 4) is 0 Å². The minimum atomic E-state index is -0.211. The molecular weight excluding hydrogens is 478 g/mol. The number of para-hydroxylation sites is 2. The third-order valence-electron chi connectivity index (χ3n) is 6.62. The Balaban J connectivity index is 1.36. The molecule has 9 heteroatoms. The lowest BCUT2D eigenvalue weighted by Crippen LogP contribution is -2.11. The van der Waals surface area contributed by atoms with Crippen LogP contribution in [-0.2, 0) is 36.1 Å². The van der Waals surface area contributed by atoms with Crippen molar-refractivity contribution >= 4 is 39.6 Å². The summed E-state index contributed by atoms with van der Waals surface area (Å²) in [7, 11) is 2.02. The molecule has 0 aliphatic heterocycles. The first-order valence-electron chi connectivity index (χ1n) is 12.6. The van der Waals surface area contributed by atoms with E-state index in [0.29, 0.717) is 38.1 Å².